The van der Waals surface area contributed by atoms with Gasteiger partial charge < -0.3 is 19.2 Å². The van der Waals surface area contributed by atoms with Gasteiger partial charge in [0, 0.05) is 45.4 Å². The molecule has 2 aromatic carbocycles. The van der Waals surface area contributed by atoms with Gasteiger partial charge in [-0.2, -0.15) is 0 Å². The van der Waals surface area contributed by atoms with Crippen molar-refractivity contribution in [3.8, 4) is 11.5 Å². The summed E-state index contributed by atoms with van der Waals surface area (Å²) in [5, 5.41) is 13.6. The normalized spacial score (nSPS) is 16.7. The number of nitrogens with one attached hydrogen (secondary N) is 1. The summed E-state index contributed by atoms with van der Waals surface area (Å²) in [5.74, 6) is 2.24. The Morgan fingerprint density at radius 2 is 1.87 bits per heavy atom. The molecule has 4 heterocycles. The molecule has 0 spiro atoms. The largest absolute Gasteiger partial charge is 0.454 e. The van der Waals surface area contributed by atoms with E-state index >= 15 is 0 Å². The molecule has 204 valence electrons. The van der Waals surface area contributed by atoms with E-state index in [9.17, 15) is 4.79 Å². The van der Waals surface area contributed by atoms with Gasteiger partial charge in [-0.05, 0) is 64.5 Å². The Labute approximate surface area is 226 Å². The number of benzene rings is 2. The Kier molecular flexibility index (Phi) is 7.03. The zero-order valence-electron chi connectivity index (χ0n) is 22.5. The predicted molar refractivity (Wildman–Crippen MR) is 145 cm³/mol. The molecule has 11 nitrogen and oxygen atoms in total. The monoisotopic (exact) mass is 531 g/mol. The lowest BCUT2D eigenvalue weighted by Gasteiger charge is -2.38. The molecule has 1 N–H and O–H groups in total. The maximum atomic E-state index is 13.6. The number of hydrogen-bond acceptors (Lipinski definition) is 9. The van der Waals surface area contributed by atoms with Crippen LogP contribution in [0, 0.1) is 13.8 Å². The molecule has 0 aliphatic carbocycles. The quantitative estimate of drug-likeness (QED) is 0.366. The highest BCUT2D eigenvalue weighted by atomic mass is 16.7. The second-order valence-electron chi connectivity index (χ2n) is 10.2. The van der Waals surface area contributed by atoms with Crippen molar-refractivity contribution < 1.29 is 14.2 Å². The second-order valence-corrected chi connectivity index (χ2v) is 10.2. The van der Waals surface area contributed by atoms with Crippen molar-refractivity contribution in [2.45, 2.75) is 33.0 Å². The van der Waals surface area contributed by atoms with Crippen LogP contribution in [0.1, 0.15) is 34.1 Å². The molecule has 0 unspecified atom stereocenters. The molecule has 39 heavy (non-hydrogen) atoms. The van der Waals surface area contributed by atoms with Crippen molar-refractivity contribution in [1.29, 1.82) is 0 Å². The van der Waals surface area contributed by atoms with Crippen molar-refractivity contribution in [2.75, 3.05) is 46.7 Å². The molecule has 6 rings (SSSR count). The van der Waals surface area contributed by atoms with Gasteiger partial charge in [0.2, 0.25) is 6.79 Å². The Morgan fingerprint density at radius 1 is 1.05 bits per heavy atom. The van der Waals surface area contributed by atoms with Crippen LogP contribution in [0.2, 0.25) is 0 Å². The first-order chi connectivity index (χ1) is 19.0. The summed E-state index contributed by atoms with van der Waals surface area (Å²) in [6, 6.07) is 11.9. The van der Waals surface area contributed by atoms with E-state index in [0.29, 0.717) is 24.5 Å². The summed E-state index contributed by atoms with van der Waals surface area (Å²) in [6.45, 7) is 9.36. The van der Waals surface area contributed by atoms with E-state index in [1.165, 1.54) is 5.56 Å². The number of H-pyrrole nitrogens is 1. The number of nitrogens with zero attached hydrogens (tertiary/aromatic N) is 6. The van der Waals surface area contributed by atoms with Gasteiger partial charge in [-0.25, -0.2) is 4.68 Å². The van der Waals surface area contributed by atoms with Crippen LogP contribution >= 0.6 is 0 Å². The standard InChI is InChI=1S/C28H33N7O4/c1-18-4-6-21-15-22(28(36)29-25(21)19(18)2)26(27-30-31-32-35(27)12-13-37-3)34-10-8-33(9-11-34)16-20-5-7-23-24(14-20)39-17-38-23/h4-7,14-15,26H,8-13,16-17H2,1-3H3,(H,29,36)/t26-/m0/s1. The Balaban J connectivity index is 1.29. The number of fused-ring (bicyclic) bond motifs is 2. The summed E-state index contributed by atoms with van der Waals surface area (Å²) in [4.78, 5) is 21.5. The average molecular weight is 532 g/mol. The Morgan fingerprint density at radius 3 is 2.69 bits per heavy atom. The summed E-state index contributed by atoms with van der Waals surface area (Å²) < 4.78 is 18.0. The van der Waals surface area contributed by atoms with Gasteiger partial charge in [0.15, 0.2) is 17.3 Å². The molecule has 0 saturated carbocycles. The van der Waals surface area contributed by atoms with Gasteiger partial charge in [0.05, 0.1) is 18.7 Å². The summed E-state index contributed by atoms with van der Waals surface area (Å²) in [6.07, 6.45) is 0. The third kappa shape index (κ3) is 5.00. The lowest BCUT2D eigenvalue weighted by molar-refractivity contribution is 0.0984. The van der Waals surface area contributed by atoms with E-state index in [-0.39, 0.29) is 18.4 Å². The number of hydrogen-bond donors (Lipinski definition) is 1. The summed E-state index contributed by atoms with van der Waals surface area (Å²) >= 11 is 0. The van der Waals surface area contributed by atoms with Crippen LogP contribution in [-0.4, -0.2) is 81.7 Å². The van der Waals surface area contributed by atoms with Crippen molar-refractivity contribution in [3.63, 3.8) is 0 Å². The van der Waals surface area contributed by atoms with E-state index in [1.54, 1.807) is 11.8 Å². The molecular weight excluding hydrogens is 498 g/mol. The number of aryl methyl sites for hydroxylation is 2. The number of aromatic amines is 1. The number of ether oxygens (including phenoxy) is 3. The number of piperazine rings is 1. The van der Waals surface area contributed by atoms with Gasteiger partial charge in [-0.1, -0.05) is 18.2 Å². The van der Waals surface area contributed by atoms with Crippen LogP contribution in [0.25, 0.3) is 10.9 Å². The predicted octanol–water partition coefficient (Wildman–Crippen LogP) is 2.41. The lowest BCUT2D eigenvalue weighted by atomic mass is 9.99. The highest BCUT2D eigenvalue weighted by molar-refractivity contribution is 5.83. The van der Waals surface area contributed by atoms with Crippen LogP contribution in [0.3, 0.4) is 0 Å². The molecule has 1 fully saturated rings. The van der Waals surface area contributed by atoms with Gasteiger partial charge in [0.25, 0.3) is 5.56 Å². The molecule has 0 amide bonds. The van der Waals surface area contributed by atoms with Crippen LogP contribution in [-0.2, 0) is 17.8 Å². The third-order valence-electron chi connectivity index (χ3n) is 7.80. The molecule has 2 aliphatic heterocycles. The van der Waals surface area contributed by atoms with Crippen LogP contribution in [0.4, 0.5) is 0 Å². The molecule has 1 saturated heterocycles. The van der Waals surface area contributed by atoms with Crippen molar-refractivity contribution in [3.05, 3.63) is 74.8 Å². The van der Waals surface area contributed by atoms with Gasteiger partial charge in [0.1, 0.15) is 6.04 Å². The fourth-order valence-corrected chi connectivity index (χ4v) is 5.47. The van der Waals surface area contributed by atoms with E-state index in [0.717, 1.165) is 66.3 Å². The highest BCUT2D eigenvalue weighted by Crippen LogP contribution is 2.33. The first-order valence-corrected chi connectivity index (χ1v) is 13.2. The van der Waals surface area contributed by atoms with E-state index < -0.39 is 0 Å². The van der Waals surface area contributed by atoms with Crippen LogP contribution < -0.4 is 15.0 Å². The third-order valence-corrected chi connectivity index (χ3v) is 7.80. The van der Waals surface area contributed by atoms with Gasteiger partial charge >= 0.3 is 0 Å². The number of aromatic nitrogens is 5. The lowest BCUT2D eigenvalue weighted by Crippen LogP contribution is -2.48. The summed E-state index contributed by atoms with van der Waals surface area (Å²) in [7, 11) is 1.65. The van der Waals surface area contributed by atoms with E-state index in [2.05, 4.69) is 61.5 Å². The number of pyridine rings is 1. The molecule has 4 aromatic rings. The molecule has 1 atom stereocenters. The highest BCUT2D eigenvalue weighted by Gasteiger charge is 2.33. The minimum atomic E-state index is -0.390. The Bertz CT molecular complexity index is 1540. The summed E-state index contributed by atoms with van der Waals surface area (Å²) in [5.41, 5.74) is 4.80. The van der Waals surface area contributed by atoms with Crippen LogP contribution in [0.15, 0.2) is 41.2 Å². The maximum absolute atomic E-state index is 13.6. The number of tetrazole rings is 1. The van der Waals surface area contributed by atoms with E-state index in [4.69, 9.17) is 14.2 Å². The fourth-order valence-electron chi connectivity index (χ4n) is 5.47. The number of rotatable bonds is 8. The molecule has 2 aromatic heterocycles. The smallest absolute Gasteiger partial charge is 0.253 e. The zero-order valence-corrected chi connectivity index (χ0v) is 22.5. The molecular formula is C28H33N7O4. The van der Waals surface area contributed by atoms with Crippen molar-refractivity contribution >= 4 is 10.9 Å². The minimum absolute atomic E-state index is 0.120. The maximum Gasteiger partial charge on any atom is 0.253 e. The first-order valence-electron chi connectivity index (χ1n) is 13.2. The average Bonchev–Trinajstić information content (AvgIpc) is 3.61. The van der Waals surface area contributed by atoms with E-state index in [1.807, 2.05) is 19.1 Å². The second kappa shape index (κ2) is 10.8. The van der Waals surface area contributed by atoms with Crippen molar-refractivity contribution in [1.82, 2.24) is 35.0 Å². The fraction of sp³-hybridized carbons (Fsp3) is 0.429. The molecule has 11 heteroatoms. The molecule has 2 aliphatic rings. The van der Waals surface area contributed by atoms with Gasteiger partial charge in [-0.15, -0.1) is 5.10 Å². The first kappa shape index (κ1) is 25.5. The van der Waals surface area contributed by atoms with Gasteiger partial charge in [-0.3, -0.25) is 14.6 Å². The Hall–Kier alpha value is -3.80. The zero-order chi connectivity index (χ0) is 26.9. The number of methoxy groups -OCH3 is 1. The SMILES string of the molecule is COCCn1nnnc1[C@H](c1cc2ccc(C)c(C)c2[nH]c1=O)N1CCN(Cc2ccc3c(c2)OCO3)CC1. The minimum Gasteiger partial charge on any atom is -0.454 e. The molecule has 0 bridgehead atoms. The van der Waals surface area contributed by atoms with Crippen molar-refractivity contribution in [2.24, 2.45) is 0 Å². The molecule has 0 radical (unpaired) electrons. The topological polar surface area (TPSA) is 111 Å². The van der Waals surface area contributed by atoms with Crippen LogP contribution in [0.5, 0.6) is 11.5 Å².